The van der Waals surface area contributed by atoms with Gasteiger partial charge >= 0.3 is 11.9 Å². The Hall–Kier alpha value is -3.61. The second-order valence-electron chi connectivity index (χ2n) is 5.12. The molecule has 0 bridgehead atoms. The Bertz CT molecular complexity index is 911. The number of carboxylic acids is 2. The zero-order valence-electron chi connectivity index (χ0n) is 12.8. The van der Waals surface area contributed by atoms with Gasteiger partial charge in [0, 0.05) is 12.3 Å². The fraction of sp³-hybridized carbons (Fsp3) is 0.0556. The van der Waals surface area contributed by atoms with E-state index in [0.29, 0.717) is 17.0 Å². The van der Waals surface area contributed by atoms with Crippen LogP contribution in [0.3, 0.4) is 0 Å². The molecule has 7 heteroatoms. The van der Waals surface area contributed by atoms with Crippen LogP contribution >= 0.6 is 0 Å². The highest BCUT2D eigenvalue weighted by Crippen LogP contribution is 2.27. The Morgan fingerprint density at radius 1 is 0.880 bits per heavy atom. The van der Waals surface area contributed by atoms with Gasteiger partial charge in [0.05, 0.1) is 0 Å². The number of hydrogen-bond acceptors (Lipinski definition) is 5. The predicted octanol–water partition coefficient (Wildman–Crippen LogP) is 2.94. The lowest BCUT2D eigenvalue weighted by atomic mass is 10.1. The van der Waals surface area contributed by atoms with Gasteiger partial charge in [0.25, 0.3) is 6.10 Å². The number of aliphatic carboxylic acids is 2. The van der Waals surface area contributed by atoms with Gasteiger partial charge in [0.15, 0.2) is 0 Å². The standard InChI is InChI=1S/C18H13NO6/c20-17(21)16(18(22)23)25-14-7-5-11-4-6-13(9-12(11)10-14)24-15-3-1-2-8-19-15/h1-10,16H,(H,20,21)(H,22,23). The smallest absolute Gasteiger partial charge is 0.356 e. The average molecular weight is 339 g/mol. The lowest BCUT2D eigenvalue weighted by Gasteiger charge is -2.12. The van der Waals surface area contributed by atoms with Gasteiger partial charge in [-0.25, -0.2) is 14.6 Å². The summed E-state index contributed by atoms with van der Waals surface area (Å²) in [5.74, 6) is -2.03. The van der Waals surface area contributed by atoms with Crippen LogP contribution < -0.4 is 9.47 Å². The minimum atomic E-state index is -1.97. The molecule has 0 spiro atoms. The van der Waals surface area contributed by atoms with Crippen molar-refractivity contribution in [2.45, 2.75) is 6.10 Å². The summed E-state index contributed by atoms with van der Waals surface area (Å²) in [6.07, 6.45) is -0.356. The maximum Gasteiger partial charge on any atom is 0.356 e. The van der Waals surface area contributed by atoms with Crippen molar-refractivity contribution >= 4 is 22.7 Å². The highest BCUT2D eigenvalue weighted by atomic mass is 16.5. The van der Waals surface area contributed by atoms with Crippen LogP contribution in [0.2, 0.25) is 0 Å². The summed E-state index contributed by atoms with van der Waals surface area (Å²) < 4.78 is 10.7. The summed E-state index contributed by atoms with van der Waals surface area (Å²) in [5.41, 5.74) is 0. The number of hydrogen-bond donors (Lipinski definition) is 2. The number of aromatic nitrogens is 1. The monoisotopic (exact) mass is 339 g/mol. The molecule has 0 aliphatic rings. The van der Waals surface area contributed by atoms with E-state index >= 15 is 0 Å². The van der Waals surface area contributed by atoms with Crippen molar-refractivity contribution in [2.75, 3.05) is 0 Å². The SMILES string of the molecule is O=C(O)C(Oc1ccc2ccc(Oc3ccccn3)cc2c1)C(=O)O. The zero-order chi connectivity index (χ0) is 17.8. The molecule has 0 saturated carbocycles. The highest BCUT2D eigenvalue weighted by Gasteiger charge is 2.27. The molecule has 7 nitrogen and oxygen atoms in total. The van der Waals surface area contributed by atoms with E-state index in [1.54, 1.807) is 48.7 Å². The van der Waals surface area contributed by atoms with Gasteiger partial charge in [0.2, 0.25) is 5.88 Å². The molecule has 0 radical (unpaired) electrons. The normalized spacial score (nSPS) is 10.6. The molecule has 1 heterocycles. The average Bonchev–Trinajstić information content (AvgIpc) is 2.59. The number of fused-ring (bicyclic) bond motifs is 1. The molecule has 0 saturated heterocycles. The fourth-order valence-electron chi connectivity index (χ4n) is 2.21. The van der Waals surface area contributed by atoms with Crippen LogP contribution in [-0.2, 0) is 9.59 Å². The van der Waals surface area contributed by atoms with Gasteiger partial charge in [-0.05, 0) is 41.1 Å². The van der Waals surface area contributed by atoms with Gasteiger partial charge in [0.1, 0.15) is 11.5 Å². The third-order valence-corrected chi connectivity index (χ3v) is 3.35. The summed E-state index contributed by atoms with van der Waals surface area (Å²) in [6.45, 7) is 0. The van der Waals surface area contributed by atoms with Crippen molar-refractivity contribution in [2.24, 2.45) is 0 Å². The van der Waals surface area contributed by atoms with Gasteiger partial charge in [-0.1, -0.05) is 18.2 Å². The number of rotatable bonds is 6. The van der Waals surface area contributed by atoms with Crippen molar-refractivity contribution in [3.8, 4) is 17.4 Å². The Labute approximate surface area is 142 Å². The first-order valence-electron chi connectivity index (χ1n) is 7.28. The molecule has 0 fully saturated rings. The Balaban J connectivity index is 1.88. The molecule has 2 N–H and O–H groups in total. The number of benzene rings is 2. The summed E-state index contributed by atoms with van der Waals surface area (Å²) >= 11 is 0. The molecule has 3 aromatic rings. The quantitative estimate of drug-likeness (QED) is 0.665. The summed E-state index contributed by atoms with van der Waals surface area (Å²) in [4.78, 5) is 25.9. The van der Waals surface area contributed by atoms with E-state index in [4.69, 9.17) is 19.7 Å². The molecule has 2 aromatic carbocycles. The molecular weight excluding hydrogens is 326 g/mol. The molecule has 25 heavy (non-hydrogen) atoms. The fourth-order valence-corrected chi connectivity index (χ4v) is 2.21. The Morgan fingerprint density at radius 3 is 2.20 bits per heavy atom. The molecule has 0 unspecified atom stereocenters. The molecule has 1 aromatic heterocycles. The lowest BCUT2D eigenvalue weighted by Crippen LogP contribution is -2.35. The highest BCUT2D eigenvalue weighted by molar-refractivity contribution is 5.96. The van der Waals surface area contributed by atoms with Crippen LogP contribution in [0.5, 0.6) is 17.4 Å². The van der Waals surface area contributed by atoms with Crippen LogP contribution in [0.25, 0.3) is 10.8 Å². The van der Waals surface area contributed by atoms with Crippen molar-refractivity contribution in [3.05, 3.63) is 60.8 Å². The number of carboxylic acid groups (broad SMARTS) is 2. The van der Waals surface area contributed by atoms with E-state index in [2.05, 4.69) is 4.98 Å². The van der Waals surface area contributed by atoms with E-state index in [9.17, 15) is 9.59 Å². The van der Waals surface area contributed by atoms with Crippen molar-refractivity contribution in [1.29, 1.82) is 0 Å². The molecule has 126 valence electrons. The van der Waals surface area contributed by atoms with Crippen molar-refractivity contribution in [1.82, 2.24) is 4.98 Å². The number of carbonyl (C=O) groups is 2. The largest absolute Gasteiger partial charge is 0.478 e. The summed E-state index contributed by atoms with van der Waals surface area (Å²) in [5, 5.41) is 19.4. The third kappa shape index (κ3) is 3.84. The van der Waals surface area contributed by atoms with Crippen molar-refractivity contribution in [3.63, 3.8) is 0 Å². The number of ether oxygens (including phenoxy) is 2. The summed E-state index contributed by atoms with van der Waals surface area (Å²) in [6, 6.07) is 15.4. The maximum absolute atomic E-state index is 10.9. The first-order valence-corrected chi connectivity index (χ1v) is 7.28. The molecular formula is C18H13NO6. The van der Waals surface area contributed by atoms with Gasteiger partial charge < -0.3 is 19.7 Å². The number of pyridine rings is 1. The Kier molecular flexibility index (Phi) is 4.47. The Morgan fingerprint density at radius 2 is 1.56 bits per heavy atom. The molecule has 0 amide bonds. The molecule has 0 atom stereocenters. The topological polar surface area (TPSA) is 106 Å². The van der Waals surface area contributed by atoms with Crippen LogP contribution in [-0.4, -0.2) is 33.2 Å². The zero-order valence-corrected chi connectivity index (χ0v) is 12.8. The van der Waals surface area contributed by atoms with Crippen molar-refractivity contribution < 1.29 is 29.3 Å². The van der Waals surface area contributed by atoms with Gasteiger partial charge in [-0.15, -0.1) is 0 Å². The van der Waals surface area contributed by atoms with Crippen LogP contribution in [0, 0.1) is 0 Å². The first-order chi connectivity index (χ1) is 12.0. The van der Waals surface area contributed by atoms with E-state index in [1.165, 1.54) is 6.07 Å². The van der Waals surface area contributed by atoms with Gasteiger partial charge in [-0.2, -0.15) is 0 Å². The van der Waals surface area contributed by atoms with Crippen LogP contribution in [0.4, 0.5) is 0 Å². The molecule has 0 aliphatic heterocycles. The minimum absolute atomic E-state index is 0.136. The summed E-state index contributed by atoms with van der Waals surface area (Å²) in [7, 11) is 0. The lowest BCUT2D eigenvalue weighted by molar-refractivity contribution is -0.159. The second-order valence-corrected chi connectivity index (χ2v) is 5.12. The number of nitrogens with zero attached hydrogens (tertiary/aromatic N) is 1. The predicted molar refractivity (Wildman–Crippen MR) is 87.9 cm³/mol. The molecule has 0 aliphatic carbocycles. The van der Waals surface area contributed by atoms with E-state index < -0.39 is 18.0 Å². The van der Waals surface area contributed by atoms with E-state index in [0.717, 1.165) is 5.39 Å². The third-order valence-electron chi connectivity index (χ3n) is 3.35. The first kappa shape index (κ1) is 16.3. The van der Waals surface area contributed by atoms with E-state index in [1.807, 2.05) is 6.07 Å². The van der Waals surface area contributed by atoms with Crippen LogP contribution in [0.15, 0.2) is 60.8 Å². The van der Waals surface area contributed by atoms with Crippen LogP contribution in [0.1, 0.15) is 0 Å². The van der Waals surface area contributed by atoms with E-state index in [-0.39, 0.29) is 5.75 Å². The minimum Gasteiger partial charge on any atom is -0.478 e. The van der Waals surface area contributed by atoms with Gasteiger partial charge in [-0.3, -0.25) is 0 Å². The molecule has 3 rings (SSSR count). The second kappa shape index (κ2) is 6.88. The maximum atomic E-state index is 10.9.